The molecule has 0 radical (unpaired) electrons. The molecule has 4 rings (SSSR count). The number of para-hydroxylation sites is 2. The number of esters is 1. The van der Waals surface area contributed by atoms with Gasteiger partial charge in [-0.15, -0.1) is 11.3 Å². The number of aromatic amines is 1. The third-order valence-corrected chi connectivity index (χ3v) is 5.24. The van der Waals surface area contributed by atoms with E-state index in [1.807, 2.05) is 24.3 Å². The van der Waals surface area contributed by atoms with Crippen LogP contribution in [0.5, 0.6) is 0 Å². The first-order valence-electron chi connectivity index (χ1n) is 6.48. The van der Waals surface area contributed by atoms with Crippen LogP contribution >= 0.6 is 23.1 Å². The number of carbonyl (C=O) groups excluding carboxylic acids is 2. The maximum absolute atomic E-state index is 12.1. The van der Waals surface area contributed by atoms with Crippen molar-refractivity contribution < 1.29 is 14.3 Å². The summed E-state index contributed by atoms with van der Waals surface area (Å²) in [4.78, 5) is 35.4. The highest BCUT2D eigenvalue weighted by Crippen LogP contribution is 2.39. The molecule has 1 saturated heterocycles. The van der Waals surface area contributed by atoms with E-state index in [9.17, 15) is 9.59 Å². The predicted molar refractivity (Wildman–Crippen MR) is 81.7 cm³/mol. The van der Waals surface area contributed by atoms with Crippen LogP contribution in [-0.2, 0) is 14.3 Å². The number of hydrogen-bond acceptors (Lipinski definition) is 7. The predicted octanol–water partition coefficient (Wildman–Crippen LogP) is 2.35. The van der Waals surface area contributed by atoms with Crippen molar-refractivity contribution in [3.05, 3.63) is 40.8 Å². The van der Waals surface area contributed by atoms with Gasteiger partial charge in [0.25, 0.3) is 5.78 Å². The Hall–Kier alpha value is -2.19. The number of aromatic nitrogens is 3. The molecule has 2 atom stereocenters. The Balaban J connectivity index is 1.67. The first kappa shape index (κ1) is 13.5. The second-order valence-corrected chi connectivity index (χ2v) is 6.71. The number of rotatable bonds is 3. The number of ether oxygens (including phenoxy) is 1. The third-order valence-electron chi connectivity index (χ3n) is 3.27. The fourth-order valence-electron chi connectivity index (χ4n) is 2.26. The SMILES string of the molecule is O=C1OC(c2nccs2)C(Sc2nc3ccccc3[nH]2)C1=O. The van der Waals surface area contributed by atoms with Gasteiger partial charge in [0.05, 0.1) is 11.0 Å². The average Bonchev–Trinajstić information content (AvgIpc) is 3.22. The van der Waals surface area contributed by atoms with E-state index >= 15 is 0 Å². The molecule has 1 N–H and O–H groups in total. The maximum atomic E-state index is 12.1. The Morgan fingerprint density at radius 1 is 1.27 bits per heavy atom. The lowest BCUT2D eigenvalue weighted by Gasteiger charge is -2.11. The number of Topliss-reactive ketones (excluding diaryl/α,β-unsaturated/α-hetero) is 1. The lowest BCUT2D eigenvalue weighted by molar-refractivity contribution is -0.149. The fraction of sp³-hybridized carbons (Fsp3) is 0.143. The zero-order valence-corrected chi connectivity index (χ0v) is 12.7. The van der Waals surface area contributed by atoms with Crippen LogP contribution in [0.15, 0.2) is 41.0 Å². The quantitative estimate of drug-likeness (QED) is 0.586. The van der Waals surface area contributed by atoms with E-state index in [2.05, 4.69) is 15.0 Å². The van der Waals surface area contributed by atoms with Crippen LogP contribution in [-0.4, -0.2) is 32.0 Å². The second kappa shape index (κ2) is 5.22. The Bertz CT molecular complexity index is 826. The highest BCUT2D eigenvalue weighted by atomic mass is 32.2. The summed E-state index contributed by atoms with van der Waals surface area (Å²) in [5, 5.41) is 2.32. The van der Waals surface area contributed by atoms with Crippen molar-refractivity contribution in [2.24, 2.45) is 0 Å². The number of H-pyrrole nitrogens is 1. The van der Waals surface area contributed by atoms with E-state index in [1.54, 1.807) is 11.6 Å². The maximum Gasteiger partial charge on any atom is 0.376 e. The van der Waals surface area contributed by atoms with E-state index in [1.165, 1.54) is 23.1 Å². The molecule has 1 fully saturated rings. The summed E-state index contributed by atoms with van der Waals surface area (Å²) in [6.45, 7) is 0. The van der Waals surface area contributed by atoms with Gasteiger partial charge in [-0.05, 0) is 12.1 Å². The summed E-state index contributed by atoms with van der Waals surface area (Å²) in [6.07, 6.45) is 0.970. The van der Waals surface area contributed by atoms with Gasteiger partial charge in [-0.25, -0.2) is 14.8 Å². The number of benzene rings is 1. The normalized spacial score (nSPS) is 21.5. The van der Waals surface area contributed by atoms with Crippen molar-refractivity contribution in [3.63, 3.8) is 0 Å². The topological polar surface area (TPSA) is 84.9 Å². The number of ketones is 1. The first-order chi connectivity index (χ1) is 10.7. The molecule has 6 nitrogen and oxygen atoms in total. The van der Waals surface area contributed by atoms with Crippen LogP contribution in [0.3, 0.4) is 0 Å². The molecule has 2 aromatic heterocycles. The summed E-state index contributed by atoms with van der Waals surface area (Å²) < 4.78 is 5.17. The molecule has 0 bridgehead atoms. The molecule has 2 unspecified atom stereocenters. The summed E-state index contributed by atoms with van der Waals surface area (Å²) in [7, 11) is 0. The molecule has 1 aromatic carbocycles. The highest BCUT2D eigenvalue weighted by molar-refractivity contribution is 8.00. The van der Waals surface area contributed by atoms with Crippen LogP contribution in [0.1, 0.15) is 11.1 Å². The van der Waals surface area contributed by atoms with Crippen LogP contribution in [0.4, 0.5) is 0 Å². The van der Waals surface area contributed by atoms with Gasteiger partial charge in [-0.3, -0.25) is 4.79 Å². The van der Waals surface area contributed by atoms with Gasteiger partial charge in [0, 0.05) is 11.6 Å². The number of imidazole rings is 1. The Morgan fingerprint density at radius 2 is 2.14 bits per heavy atom. The van der Waals surface area contributed by atoms with Crippen molar-refractivity contribution >= 4 is 45.9 Å². The Morgan fingerprint density at radius 3 is 2.91 bits per heavy atom. The lowest BCUT2D eigenvalue weighted by atomic mass is 10.2. The smallest absolute Gasteiger partial charge is 0.376 e. The molecule has 0 aliphatic carbocycles. The van der Waals surface area contributed by atoms with Crippen LogP contribution in [0.2, 0.25) is 0 Å². The van der Waals surface area contributed by atoms with Crippen molar-refractivity contribution in [2.45, 2.75) is 16.5 Å². The van der Waals surface area contributed by atoms with Crippen molar-refractivity contribution in [2.75, 3.05) is 0 Å². The van der Waals surface area contributed by atoms with E-state index in [-0.39, 0.29) is 0 Å². The molecule has 8 heteroatoms. The zero-order valence-electron chi connectivity index (χ0n) is 11.1. The van der Waals surface area contributed by atoms with E-state index < -0.39 is 23.1 Å². The number of fused-ring (bicyclic) bond motifs is 1. The van der Waals surface area contributed by atoms with Crippen LogP contribution in [0, 0.1) is 0 Å². The van der Waals surface area contributed by atoms with Gasteiger partial charge in [0.2, 0.25) is 0 Å². The minimum atomic E-state index is -0.811. The number of thioether (sulfide) groups is 1. The molecular formula is C14H9N3O3S2. The summed E-state index contributed by atoms with van der Waals surface area (Å²) in [5.74, 6) is -1.36. The average molecular weight is 331 g/mol. The fourth-order valence-corrected chi connectivity index (χ4v) is 4.12. The van der Waals surface area contributed by atoms with Crippen molar-refractivity contribution in [3.8, 4) is 0 Å². The molecule has 1 aliphatic heterocycles. The molecule has 0 amide bonds. The van der Waals surface area contributed by atoms with E-state index in [0.29, 0.717) is 10.2 Å². The number of carbonyl (C=O) groups is 2. The zero-order chi connectivity index (χ0) is 15.1. The monoisotopic (exact) mass is 331 g/mol. The number of nitrogens with zero attached hydrogens (tertiary/aromatic N) is 2. The Labute approximate surface area is 132 Å². The summed E-state index contributed by atoms with van der Waals surface area (Å²) in [6, 6.07) is 7.58. The van der Waals surface area contributed by atoms with Gasteiger partial charge >= 0.3 is 5.97 Å². The molecular weight excluding hydrogens is 322 g/mol. The van der Waals surface area contributed by atoms with Crippen molar-refractivity contribution in [1.29, 1.82) is 0 Å². The second-order valence-electron chi connectivity index (χ2n) is 4.66. The van der Waals surface area contributed by atoms with Gasteiger partial charge < -0.3 is 9.72 Å². The molecule has 1 aliphatic rings. The molecule has 3 heterocycles. The van der Waals surface area contributed by atoms with Crippen LogP contribution < -0.4 is 0 Å². The summed E-state index contributed by atoms with van der Waals surface area (Å²) in [5.41, 5.74) is 1.70. The first-order valence-corrected chi connectivity index (χ1v) is 8.24. The molecule has 0 saturated carbocycles. The number of thiazole rings is 1. The summed E-state index contributed by atoms with van der Waals surface area (Å²) >= 11 is 2.56. The lowest BCUT2D eigenvalue weighted by Crippen LogP contribution is -2.19. The van der Waals surface area contributed by atoms with Crippen molar-refractivity contribution in [1.82, 2.24) is 15.0 Å². The minimum absolute atomic E-state index is 0.550. The number of hydrogen-bond donors (Lipinski definition) is 1. The molecule has 110 valence electrons. The largest absolute Gasteiger partial charge is 0.447 e. The van der Waals surface area contributed by atoms with Gasteiger partial charge in [-0.2, -0.15) is 0 Å². The number of cyclic esters (lactones) is 1. The highest BCUT2D eigenvalue weighted by Gasteiger charge is 2.46. The minimum Gasteiger partial charge on any atom is -0.447 e. The third kappa shape index (κ3) is 2.20. The van der Waals surface area contributed by atoms with E-state index in [4.69, 9.17) is 4.74 Å². The molecule has 3 aromatic rings. The molecule has 0 spiro atoms. The van der Waals surface area contributed by atoms with E-state index in [0.717, 1.165) is 11.0 Å². The molecule has 22 heavy (non-hydrogen) atoms. The van der Waals surface area contributed by atoms with Gasteiger partial charge in [0.15, 0.2) is 11.3 Å². The number of nitrogens with one attached hydrogen (secondary N) is 1. The standard InChI is InChI=1S/C14H9N3O3S2/c18-9-11(10(20-13(9)19)12-15-5-6-21-12)22-14-16-7-3-1-2-4-8(7)17-14/h1-6,10-11H,(H,16,17). The van der Waals surface area contributed by atoms with Crippen LogP contribution in [0.25, 0.3) is 11.0 Å². The van der Waals surface area contributed by atoms with Gasteiger partial charge in [-0.1, -0.05) is 23.9 Å². The Kier molecular flexibility index (Phi) is 3.20. The van der Waals surface area contributed by atoms with Gasteiger partial charge in [0.1, 0.15) is 10.3 Å².